The third-order valence-electron chi connectivity index (χ3n) is 17.3. The molecule has 0 spiro atoms. The van der Waals surface area contributed by atoms with Gasteiger partial charge in [0.05, 0.1) is 11.0 Å². The van der Waals surface area contributed by atoms with Crippen LogP contribution in [0.25, 0.3) is 128 Å². The molecule has 0 atom stereocenters. The largest absolute Gasteiger partial charge is 0.456 e. The molecule has 0 amide bonds. The van der Waals surface area contributed by atoms with Crippen LogP contribution in [0, 0.1) is 6.92 Å². The Hall–Kier alpha value is -10.8. The molecule has 15 aromatic rings. The lowest BCUT2D eigenvalue weighted by Crippen LogP contribution is -2.20. The number of nitrogens with zero attached hydrogens (tertiary/aromatic N) is 3. The maximum atomic E-state index is 7.03. The van der Waals surface area contributed by atoms with Gasteiger partial charge in [0.2, 0.25) is 0 Å². The Kier molecular flexibility index (Phi) is 13.4. The number of furan rings is 2. The summed E-state index contributed by atoms with van der Waals surface area (Å²) >= 11 is 0. The number of aromatic nitrogens is 1. The van der Waals surface area contributed by atoms with Gasteiger partial charge in [-0.05, 0) is 122 Å². The average molecular weight is 1110 g/mol. The second kappa shape index (κ2) is 21.7. The van der Waals surface area contributed by atoms with Gasteiger partial charge in [-0.25, -0.2) is 9.98 Å². The van der Waals surface area contributed by atoms with Crippen molar-refractivity contribution in [2.75, 3.05) is 0 Å². The number of aryl methyl sites for hydroxylation is 1. The summed E-state index contributed by atoms with van der Waals surface area (Å²) in [6, 6.07) is 85.0. The van der Waals surface area contributed by atoms with E-state index in [1.165, 1.54) is 54.8 Å². The zero-order valence-corrected chi connectivity index (χ0v) is 48.6. The Morgan fingerprint density at radius 3 is 1.76 bits per heavy atom. The summed E-state index contributed by atoms with van der Waals surface area (Å²) in [6.07, 6.45) is 3.93. The minimum absolute atomic E-state index is 0.135. The molecule has 3 heterocycles. The fourth-order valence-corrected chi connectivity index (χ4v) is 12.9. The van der Waals surface area contributed by atoms with E-state index in [2.05, 4.69) is 202 Å². The summed E-state index contributed by atoms with van der Waals surface area (Å²) in [5.41, 5.74) is 23.9. The number of amidine groups is 2. The summed E-state index contributed by atoms with van der Waals surface area (Å²) in [5.74, 6) is 0.823. The van der Waals surface area contributed by atoms with Crippen LogP contribution >= 0.6 is 0 Å². The maximum Gasteiger partial charge on any atom is 0.158 e. The number of para-hydroxylation sites is 3. The molecular formula is C80H62N4O2. The van der Waals surface area contributed by atoms with E-state index in [1.807, 2.05) is 97.9 Å². The predicted octanol–water partition coefficient (Wildman–Crippen LogP) is 19.2. The van der Waals surface area contributed by atoms with Crippen molar-refractivity contribution < 1.29 is 8.83 Å². The number of benzene rings is 12. The lowest BCUT2D eigenvalue weighted by Gasteiger charge is -2.21. The van der Waals surface area contributed by atoms with Crippen molar-refractivity contribution >= 4 is 118 Å². The number of rotatable bonds is 6. The summed E-state index contributed by atoms with van der Waals surface area (Å²) in [6.45, 7) is 16.6. The Morgan fingerprint density at radius 1 is 0.512 bits per heavy atom. The molecule has 0 unspecified atom stereocenters. The molecule has 16 rings (SSSR count). The van der Waals surface area contributed by atoms with E-state index >= 15 is 0 Å². The molecule has 86 heavy (non-hydrogen) atoms. The van der Waals surface area contributed by atoms with Gasteiger partial charge in [-0.1, -0.05) is 239 Å². The van der Waals surface area contributed by atoms with E-state index in [4.69, 9.17) is 24.6 Å². The average Bonchev–Trinajstić information content (AvgIpc) is 1.61. The lowest BCUT2D eigenvalue weighted by atomic mass is 9.82. The van der Waals surface area contributed by atoms with Crippen molar-refractivity contribution in [1.82, 2.24) is 4.57 Å². The van der Waals surface area contributed by atoms with E-state index in [0.717, 1.165) is 98.5 Å². The number of fused-ring (bicyclic) bond motifs is 16. The van der Waals surface area contributed by atoms with E-state index < -0.39 is 0 Å². The molecule has 0 radical (unpaired) electrons. The first kappa shape index (κ1) is 53.2. The molecule has 1 aliphatic rings. The second-order valence-electron chi connectivity index (χ2n) is 22.7. The number of hydrogen-bond donors (Lipinski definition) is 1. The first-order chi connectivity index (χ1) is 42.1. The maximum absolute atomic E-state index is 7.03. The normalized spacial score (nSPS) is 13.1. The smallest absolute Gasteiger partial charge is 0.158 e. The minimum atomic E-state index is -0.135. The Labute approximate surface area is 499 Å². The highest BCUT2D eigenvalue weighted by Gasteiger charge is 2.36. The van der Waals surface area contributed by atoms with Gasteiger partial charge in [0, 0.05) is 59.8 Å². The third-order valence-corrected chi connectivity index (χ3v) is 17.3. The fraction of sp³-hybridized carbons (Fsp3) is 0.0750. The van der Waals surface area contributed by atoms with E-state index in [1.54, 1.807) is 0 Å². The summed E-state index contributed by atoms with van der Waals surface area (Å²) in [5, 5.41) is 13.7. The SMILES string of the molecule is C=Cc1ccccc1C.C=c1cccc/c1=C/C.CC1(C)c2ccc(-c3cccc4c5ccc6ccccc6c5n(C/N=C(\N=C(N)c5ccc6c(c5)oc5ccccc56)c5ccc6c(c5)oc5ccccc56)c34)cc2-c2c1ccc1ccccc21. The quantitative estimate of drug-likeness (QED) is 0.133. The first-order valence-electron chi connectivity index (χ1n) is 29.3. The molecule has 1 aliphatic carbocycles. The fourth-order valence-electron chi connectivity index (χ4n) is 12.9. The molecule has 6 nitrogen and oxygen atoms in total. The van der Waals surface area contributed by atoms with E-state index in [-0.39, 0.29) is 12.1 Å². The molecule has 6 heteroatoms. The third kappa shape index (κ3) is 9.24. The van der Waals surface area contributed by atoms with Crippen LogP contribution < -0.4 is 16.2 Å². The van der Waals surface area contributed by atoms with Gasteiger partial charge in [0.1, 0.15) is 34.8 Å². The summed E-state index contributed by atoms with van der Waals surface area (Å²) in [4.78, 5) is 10.7. The molecule has 0 fully saturated rings. The highest BCUT2D eigenvalue weighted by Crippen LogP contribution is 2.53. The van der Waals surface area contributed by atoms with Crippen molar-refractivity contribution in [1.29, 1.82) is 0 Å². The molecule has 0 bridgehead atoms. The molecule has 2 N–H and O–H groups in total. The summed E-state index contributed by atoms with van der Waals surface area (Å²) in [7, 11) is 0. The Morgan fingerprint density at radius 2 is 1.07 bits per heavy atom. The van der Waals surface area contributed by atoms with Gasteiger partial charge < -0.3 is 19.1 Å². The van der Waals surface area contributed by atoms with Crippen LogP contribution in [-0.4, -0.2) is 16.2 Å². The van der Waals surface area contributed by atoms with Crippen LogP contribution in [-0.2, 0) is 12.1 Å². The van der Waals surface area contributed by atoms with Gasteiger partial charge in [0.15, 0.2) is 5.84 Å². The van der Waals surface area contributed by atoms with Gasteiger partial charge in [0.25, 0.3) is 0 Å². The van der Waals surface area contributed by atoms with E-state index in [9.17, 15) is 0 Å². The van der Waals surface area contributed by atoms with Crippen LogP contribution in [0.2, 0.25) is 0 Å². The highest BCUT2D eigenvalue weighted by molar-refractivity contribution is 6.21. The zero-order valence-electron chi connectivity index (χ0n) is 48.6. The number of hydrogen-bond acceptors (Lipinski definition) is 3. The summed E-state index contributed by atoms with van der Waals surface area (Å²) < 4.78 is 15.1. The van der Waals surface area contributed by atoms with Gasteiger partial charge >= 0.3 is 0 Å². The Bertz CT molecular complexity index is 5400. The standard InChI is InChI=1S/C62H42N4O2.2C9H10/c1-62(2)51-30-26-38(32-50(51)57-41-14-5-3-12-36(41)25-31-52(57)62)43-18-11-19-48-49-29-22-37-13-4-6-15-42(37)58(49)66(59(43)48)35-64-61(40-24-28-47-45-17-8-10-21-54(45)68-56(47)34-40)65-60(63)39-23-27-46-44-16-7-9-20-53(44)67-55(46)33-39;2*1-3-9-7-5-4-6-8(9)2/h3-34H,35H2,1-2H3,(H2,63,64,65);3-7H,2H2,1H3;3-7H,1H2,2H3/b;9-3-;. The van der Waals surface area contributed by atoms with E-state index in [0.29, 0.717) is 11.7 Å². The van der Waals surface area contributed by atoms with Crippen LogP contribution in [0.1, 0.15) is 54.2 Å². The number of nitrogens with two attached hydrogens (primary N) is 1. The molecular weight excluding hydrogens is 1050 g/mol. The van der Waals surface area contributed by atoms with Crippen LogP contribution in [0.5, 0.6) is 0 Å². The van der Waals surface area contributed by atoms with Crippen molar-refractivity contribution in [2.45, 2.75) is 39.8 Å². The Balaban J connectivity index is 0.000000312. The molecule has 0 saturated carbocycles. The first-order valence-corrected chi connectivity index (χ1v) is 29.3. The van der Waals surface area contributed by atoms with Crippen LogP contribution in [0.4, 0.5) is 0 Å². The van der Waals surface area contributed by atoms with Crippen molar-refractivity contribution in [2.24, 2.45) is 15.7 Å². The molecule has 12 aromatic carbocycles. The molecule has 3 aromatic heterocycles. The van der Waals surface area contributed by atoms with Crippen molar-refractivity contribution in [3.63, 3.8) is 0 Å². The monoisotopic (exact) mass is 1110 g/mol. The highest BCUT2D eigenvalue weighted by atomic mass is 16.3. The van der Waals surface area contributed by atoms with Crippen LogP contribution in [0.15, 0.2) is 268 Å². The van der Waals surface area contributed by atoms with Gasteiger partial charge in [-0.3, -0.25) is 0 Å². The molecule has 414 valence electrons. The van der Waals surface area contributed by atoms with Gasteiger partial charge in [-0.2, -0.15) is 0 Å². The van der Waals surface area contributed by atoms with Gasteiger partial charge in [-0.15, -0.1) is 0 Å². The van der Waals surface area contributed by atoms with Crippen molar-refractivity contribution in [3.05, 3.63) is 293 Å². The minimum Gasteiger partial charge on any atom is -0.456 e. The lowest BCUT2D eigenvalue weighted by molar-refractivity contribution is 0.661. The predicted molar refractivity (Wildman–Crippen MR) is 365 cm³/mol. The van der Waals surface area contributed by atoms with Crippen LogP contribution in [0.3, 0.4) is 0 Å². The number of aliphatic imine (C=N–C) groups is 2. The topological polar surface area (TPSA) is 82.0 Å². The molecule has 0 aliphatic heterocycles. The molecule has 0 saturated heterocycles. The zero-order chi connectivity index (χ0) is 58.6. The second-order valence-corrected chi connectivity index (χ2v) is 22.7. The van der Waals surface area contributed by atoms with Crippen molar-refractivity contribution in [3.8, 4) is 22.3 Å².